The van der Waals surface area contributed by atoms with Crippen molar-refractivity contribution in [3.8, 4) is 17.1 Å². The summed E-state index contributed by atoms with van der Waals surface area (Å²) in [7, 11) is 0. The number of halogens is 1. The maximum atomic E-state index is 12.5. The number of carbonyl (C=O) groups excluding carboxylic acids is 2. The van der Waals surface area contributed by atoms with Gasteiger partial charge in [-0.25, -0.2) is 4.68 Å². The molecule has 2 N–H and O–H groups in total. The Kier molecular flexibility index (Phi) is 4.92. The molecule has 0 aliphatic carbocycles. The van der Waals surface area contributed by atoms with Gasteiger partial charge in [-0.2, -0.15) is 5.10 Å². The average molecular weight is 411 g/mol. The number of aromatic nitrogens is 2. The molecule has 0 atom stereocenters. The van der Waals surface area contributed by atoms with E-state index in [1.54, 1.807) is 54.1 Å². The van der Waals surface area contributed by atoms with E-state index in [2.05, 4.69) is 16.0 Å². The van der Waals surface area contributed by atoms with E-state index in [0.717, 1.165) is 0 Å². The molecule has 0 unspecified atom stereocenters. The molecule has 0 saturated carbocycles. The molecular weight excluding hydrogens is 396 g/mol. The van der Waals surface area contributed by atoms with Crippen molar-refractivity contribution in [2.24, 2.45) is 0 Å². The Balaban J connectivity index is 1.60. The third-order valence-corrected chi connectivity index (χ3v) is 4.43. The van der Waals surface area contributed by atoms with Crippen LogP contribution in [0.25, 0.3) is 17.1 Å². The minimum atomic E-state index is -0.583. The Morgan fingerprint density at radius 1 is 1.00 bits per heavy atom. The summed E-state index contributed by atoms with van der Waals surface area (Å²) in [4.78, 5) is 24.7. The second-order valence-corrected chi connectivity index (χ2v) is 6.52. The Hall–Kier alpha value is -3.78. The molecule has 146 valence electrons. The van der Waals surface area contributed by atoms with Gasteiger partial charge in [-0.05, 0) is 49.4 Å². The fourth-order valence-electron chi connectivity index (χ4n) is 2.74. The molecule has 4 rings (SSSR count). The van der Waals surface area contributed by atoms with Crippen LogP contribution in [0.1, 0.15) is 26.6 Å². The van der Waals surface area contributed by atoms with Gasteiger partial charge in [0.1, 0.15) is 11.5 Å². The zero-order valence-electron chi connectivity index (χ0n) is 15.2. The first kappa shape index (κ1) is 18.6. The Bertz CT molecular complexity index is 1160. The lowest BCUT2D eigenvalue weighted by Crippen LogP contribution is -2.41. The predicted molar refractivity (Wildman–Crippen MR) is 105 cm³/mol. The molecule has 2 amide bonds. The predicted octanol–water partition coefficient (Wildman–Crippen LogP) is 3.76. The first-order valence-electron chi connectivity index (χ1n) is 8.57. The number of carbonyl (C=O) groups is 2. The number of hydrogen-bond acceptors (Lipinski definition) is 5. The standard InChI is InChI=1S/C20H15ClN4O4/c1-12-15(8-10-28-12)19(26)22-23-20(27)16-11-17(18-3-2-9-29-18)25(24-16)14-6-4-13(21)5-7-14/h2-11H,1H3,(H,22,26)(H,23,27). The van der Waals surface area contributed by atoms with Crippen molar-refractivity contribution in [2.75, 3.05) is 0 Å². The van der Waals surface area contributed by atoms with Gasteiger partial charge in [0.05, 0.1) is 23.8 Å². The number of amides is 2. The number of hydrazine groups is 1. The summed E-state index contributed by atoms with van der Waals surface area (Å²) >= 11 is 5.96. The molecule has 0 radical (unpaired) electrons. The zero-order valence-corrected chi connectivity index (χ0v) is 15.9. The van der Waals surface area contributed by atoms with Crippen molar-refractivity contribution < 1.29 is 18.4 Å². The van der Waals surface area contributed by atoms with Crippen molar-refractivity contribution in [3.63, 3.8) is 0 Å². The Morgan fingerprint density at radius 3 is 2.41 bits per heavy atom. The van der Waals surface area contributed by atoms with Crippen LogP contribution in [0.5, 0.6) is 0 Å². The van der Waals surface area contributed by atoms with Crippen LogP contribution in [0, 0.1) is 6.92 Å². The zero-order chi connectivity index (χ0) is 20.4. The van der Waals surface area contributed by atoms with Crippen LogP contribution < -0.4 is 10.9 Å². The maximum absolute atomic E-state index is 12.5. The van der Waals surface area contributed by atoms with Crippen LogP contribution in [0.3, 0.4) is 0 Å². The smallest absolute Gasteiger partial charge is 0.290 e. The molecule has 0 aliphatic heterocycles. The normalized spacial score (nSPS) is 10.7. The molecule has 0 saturated heterocycles. The van der Waals surface area contributed by atoms with Crippen LogP contribution in [-0.4, -0.2) is 21.6 Å². The van der Waals surface area contributed by atoms with Gasteiger partial charge in [0, 0.05) is 11.1 Å². The molecule has 8 nitrogen and oxygen atoms in total. The quantitative estimate of drug-likeness (QED) is 0.499. The molecule has 29 heavy (non-hydrogen) atoms. The summed E-state index contributed by atoms with van der Waals surface area (Å²) in [6.45, 7) is 1.65. The van der Waals surface area contributed by atoms with Gasteiger partial charge in [0.2, 0.25) is 0 Å². The molecule has 0 fully saturated rings. The fourth-order valence-corrected chi connectivity index (χ4v) is 2.86. The summed E-state index contributed by atoms with van der Waals surface area (Å²) in [5.74, 6) is -0.0959. The molecule has 3 heterocycles. The first-order chi connectivity index (χ1) is 14.0. The Labute approximate surface area is 170 Å². The average Bonchev–Trinajstić information content (AvgIpc) is 3.46. The van der Waals surface area contributed by atoms with Crippen molar-refractivity contribution in [1.29, 1.82) is 0 Å². The van der Waals surface area contributed by atoms with Crippen LogP contribution in [0.15, 0.2) is 69.9 Å². The maximum Gasteiger partial charge on any atom is 0.290 e. The van der Waals surface area contributed by atoms with Crippen molar-refractivity contribution in [2.45, 2.75) is 6.92 Å². The highest BCUT2D eigenvalue weighted by Crippen LogP contribution is 2.25. The van der Waals surface area contributed by atoms with E-state index in [9.17, 15) is 9.59 Å². The lowest BCUT2D eigenvalue weighted by molar-refractivity contribution is 0.0842. The Morgan fingerprint density at radius 2 is 1.76 bits per heavy atom. The monoisotopic (exact) mass is 410 g/mol. The molecular formula is C20H15ClN4O4. The van der Waals surface area contributed by atoms with Crippen LogP contribution in [0.2, 0.25) is 5.02 Å². The van der Waals surface area contributed by atoms with Gasteiger partial charge in [-0.15, -0.1) is 0 Å². The molecule has 0 aliphatic rings. The fraction of sp³-hybridized carbons (Fsp3) is 0.0500. The van der Waals surface area contributed by atoms with Crippen LogP contribution in [0.4, 0.5) is 0 Å². The van der Waals surface area contributed by atoms with E-state index in [1.807, 2.05) is 0 Å². The van der Waals surface area contributed by atoms with Gasteiger partial charge in [0.15, 0.2) is 11.5 Å². The van der Waals surface area contributed by atoms with Gasteiger partial charge in [-0.1, -0.05) is 11.6 Å². The highest BCUT2D eigenvalue weighted by atomic mass is 35.5. The largest absolute Gasteiger partial charge is 0.469 e. The van der Waals surface area contributed by atoms with Gasteiger partial charge < -0.3 is 8.83 Å². The topological polar surface area (TPSA) is 102 Å². The number of rotatable bonds is 4. The van der Waals surface area contributed by atoms with Crippen LogP contribution in [-0.2, 0) is 0 Å². The molecule has 1 aromatic carbocycles. The van der Waals surface area contributed by atoms with E-state index < -0.39 is 11.8 Å². The van der Waals surface area contributed by atoms with Gasteiger partial charge >= 0.3 is 0 Å². The summed E-state index contributed by atoms with van der Waals surface area (Å²) < 4.78 is 12.1. The van der Waals surface area contributed by atoms with E-state index in [1.165, 1.54) is 18.6 Å². The summed E-state index contributed by atoms with van der Waals surface area (Å²) in [5, 5.41) is 4.94. The molecule has 9 heteroatoms. The van der Waals surface area contributed by atoms with E-state index in [0.29, 0.717) is 33.5 Å². The number of benzene rings is 1. The molecule has 0 spiro atoms. The highest BCUT2D eigenvalue weighted by Gasteiger charge is 2.19. The lowest BCUT2D eigenvalue weighted by atomic mass is 10.2. The van der Waals surface area contributed by atoms with E-state index >= 15 is 0 Å². The van der Waals surface area contributed by atoms with E-state index in [-0.39, 0.29) is 5.69 Å². The van der Waals surface area contributed by atoms with Crippen molar-refractivity contribution >= 4 is 23.4 Å². The third kappa shape index (κ3) is 3.78. The third-order valence-electron chi connectivity index (χ3n) is 4.18. The molecule has 3 aromatic heterocycles. The molecule has 4 aromatic rings. The number of nitrogens with zero attached hydrogens (tertiary/aromatic N) is 2. The van der Waals surface area contributed by atoms with Crippen LogP contribution >= 0.6 is 11.6 Å². The minimum Gasteiger partial charge on any atom is -0.469 e. The minimum absolute atomic E-state index is 0.0931. The lowest BCUT2D eigenvalue weighted by Gasteiger charge is -2.06. The number of nitrogens with one attached hydrogen (secondary N) is 2. The highest BCUT2D eigenvalue weighted by molar-refractivity contribution is 6.30. The molecule has 0 bridgehead atoms. The summed E-state index contributed by atoms with van der Waals surface area (Å²) in [5.41, 5.74) is 6.38. The number of hydrogen-bond donors (Lipinski definition) is 2. The first-order valence-corrected chi connectivity index (χ1v) is 8.95. The van der Waals surface area contributed by atoms with E-state index in [4.69, 9.17) is 20.4 Å². The number of furan rings is 2. The van der Waals surface area contributed by atoms with Crippen molar-refractivity contribution in [3.05, 3.63) is 83.1 Å². The van der Waals surface area contributed by atoms with Crippen molar-refractivity contribution in [1.82, 2.24) is 20.6 Å². The summed E-state index contributed by atoms with van der Waals surface area (Å²) in [6, 6.07) is 13.6. The summed E-state index contributed by atoms with van der Waals surface area (Å²) in [6.07, 6.45) is 2.93. The second-order valence-electron chi connectivity index (χ2n) is 6.08. The van der Waals surface area contributed by atoms with Gasteiger partial charge in [-0.3, -0.25) is 20.4 Å². The van der Waals surface area contributed by atoms with Gasteiger partial charge in [0.25, 0.3) is 11.8 Å². The SMILES string of the molecule is Cc1occc1C(=O)NNC(=O)c1cc(-c2ccco2)n(-c2ccc(Cl)cc2)n1. The second kappa shape index (κ2) is 7.69. The number of aryl methyl sites for hydroxylation is 1.